The summed E-state index contributed by atoms with van der Waals surface area (Å²) in [5, 5.41) is 3.69. The van der Waals surface area contributed by atoms with Gasteiger partial charge in [-0.25, -0.2) is 0 Å². The summed E-state index contributed by atoms with van der Waals surface area (Å²) in [6.45, 7) is 3.65. The predicted molar refractivity (Wildman–Crippen MR) is 58.5 cm³/mol. The number of aromatic nitrogens is 2. The fourth-order valence-electron chi connectivity index (χ4n) is 0.775. The Hall–Kier alpha value is -1.34. The Morgan fingerprint density at radius 3 is 2.79 bits per heavy atom. The summed E-state index contributed by atoms with van der Waals surface area (Å²) >= 11 is 3.20. The Balaban J connectivity index is 2.86. The molecule has 0 saturated heterocycles. The Bertz CT molecular complexity index is 424. The molecule has 1 heterocycles. The molecule has 0 aliphatic heterocycles. The van der Waals surface area contributed by atoms with E-state index in [2.05, 4.69) is 32.0 Å². The van der Waals surface area contributed by atoms with Crippen molar-refractivity contribution in [3.63, 3.8) is 0 Å². The first-order valence-corrected chi connectivity index (χ1v) is 4.74. The molecule has 0 aliphatic rings. The van der Waals surface area contributed by atoms with Crippen molar-refractivity contribution in [2.24, 2.45) is 0 Å². The molecule has 72 valence electrons. The van der Waals surface area contributed by atoms with Gasteiger partial charge in [0.2, 0.25) is 0 Å². The highest BCUT2D eigenvalue weighted by Crippen LogP contribution is 2.12. The lowest BCUT2D eigenvalue weighted by molar-refractivity contribution is 0.402. The molecule has 0 N–H and O–H groups in total. The van der Waals surface area contributed by atoms with E-state index in [1.165, 1.54) is 0 Å². The fourth-order valence-corrected chi connectivity index (χ4v) is 0.907. The van der Waals surface area contributed by atoms with Crippen LogP contribution >= 0.6 is 15.9 Å². The Morgan fingerprint density at radius 2 is 2.29 bits per heavy atom. The molecule has 1 rings (SSSR count). The van der Waals surface area contributed by atoms with Crippen LogP contribution in [0.3, 0.4) is 0 Å². The zero-order chi connectivity index (χ0) is 10.6. The minimum absolute atomic E-state index is 0.510. The highest BCUT2D eigenvalue weighted by molar-refractivity contribution is 9.12. The average Bonchev–Trinajstić information content (AvgIpc) is 2.60. The average molecular weight is 253 g/mol. The Kier molecular flexibility index (Phi) is 3.66. The van der Waals surface area contributed by atoms with Crippen molar-refractivity contribution in [3.8, 4) is 12.3 Å². The van der Waals surface area contributed by atoms with Crippen LogP contribution in [-0.4, -0.2) is 10.1 Å². The lowest BCUT2D eigenvalue weighted by Gasteiger charge is -1.88. The molecule has 3 nitrogen and oxygen atoms in total. The minimum Gasteiger partial charge on any atom is -0.334 e. The number of allylic oxidation sites excluding steroid dienone is 4. The highest BCUT2D eigenvalue weighted by Gasteiger charge is 2.02. The van der Waals surface area contributed by atoms with E-state index in [4.69, 9.17) is 10.9 Å². The van der Waals surface area contributed by atoms with Crippen LogP contribution in [0, 0.1) is 19.3 Å². The topological polar surface area (TPSA) is 38.9 Å². The van der Waals surface area contributed by atoms with Crippen molar-refractivity contribution in [2.45, 2.75) is 13.8 Å². The van der Waals surface area contributed by atoms with Gasteiger partial charge in [-0.2, -0.15) is 4.98 Å². The summed E-state index contributed by atoms with van der Waals surface area (Å²) in [4.78, 5) is 4.07. The van der Waals surface area contributed by atoms with Gasteiger partial charge in [0, 0.05) is 5.57 Å². The summed E-state index contributed by atoms with van der Waals surface area (Å²) in [7, 11) is 0. The summed E-state index contributed by atoms with van der Waals surface area (Å²) in [5.74, 6) is 3.57. The van der Waals surface area contributed by atoms with E-state index in [9.17, 15) is 0 Å². The molecule has 0 spiro atoms. The molecule has 0 fully saturated rings. The number of hydrogen-bond acceptors (Lipinski definition) is 3. The second kappa shape index (κ2) is 4.77. The Labute approximate surface area is 91.0 Å². The molecule has 0 radical (unpaired) electrons. The van der Waals surface area contributed by atoms with Crippen molar-refractivity contribution in [1.29, 1.82) is 0 Å². The van der Waals surface area contributed by atoms with Crippen LogP contribution in [0.1, 0.15) is 18.6 Å². The van der Waals surface area contributed by atoms with Gasteiger partial charge in [-0.3, -0.25) is 0 Å². The number of halogens is 1. The predicted octanol–water partition coefficient (Wildman–Crippen LogP) is 2.69. The summed E-state index contributed by atoms with van der Waals surface area (Å²) in [6.07, 6.45) is 8.73. The molecule has 0 bridgehead atoms. The number of terminal acetylenes is 1. The summed E-state index contributed by atoms with van der Waals surface area (Å²) < 4.78 is 5.64. The van der Waals surface area contributed by atoms with E-state index in [1.54, 1.807) is 13.0 Å². The zero-order valence-corrected chi connectivity index (χ0v) is 9.50. The molecule has 0 amide bonds. The van der Waals surface area contributed by atoms with E-state index >= 15 is 0 Å². The SMILES string of the molecule is C#C/C(Br)=C\C=C(/C)c1nc(C)no1. The minimum atomic E-state index is 0.510. The number of nitrogens with zero attached hydrogens (tertiary/aromatic N) is 2. The van der Waals surface area contributed by atoms with Crippen molar-refractivity contribution in [1.82, 2.24) is 10.1 Å². The normalized spacial score (nSPS) is 12.7. The number of rotatable bonds is 2. The van der Waals surface area contributed by atoms with Crippen molar-refractivity contribution in [3.05, 3.63) is 28.3 Å². The van der Waals surface area contributed by atoms with Gasteiger partial charge in [0.05, 0.1) is 4.48 Å². The van der Waals surface area contributed by atoms with Crippen molar-refractivity contribution < 1.29 is 4.52 Å². The van der Waals surface area contributed by atoms with E-state index in [1.807, 2.05) is 13.0 Å². The van der Waals surface area contributed by atoms with Crippen molar-refractivity contribution >= 4 is 21.5 Å². The summed E-state index contributed by atoms with van der Waals surface area (Å²) in [5.41, 5.74) is 0.873. The molecule has 4 heteroatoms. The van der Waals surface area contributed by atoms with Gasteiger partial charge in [-0.05, 0) is 35.9 Å². The van der Waals surface area contributed by atoms with Gasteiger partial charge in [0.1, 0.15) is 0 Å². The fraction of sp³-hybridized carbons (Fsp3) is 0.200. The van der Waals surface area contributed by atoms with Crippen LogP contribution in [0.5, 0.6) is 0 Å². The smallest absolute Gasteiger partial charge is 0.253 e. The highest BCUT2D eigenvalue weighted by atomic mass is 79.9. The monoisotopic (exact) mass is 252 g/mol. The first-order chi connectivity index (χ1) is 6.63. The first-order valence-electron chi connectivity index (χ1n) is 3.95. The Morgan fingerprint density at radius 1 is 1.57 bits per heavy atom. The largest absolute Gasteiger partial charge is 0.334 e. The maximum Gasteiger partial charge on any atom is 0.253 e. The molecule has 0 atom stereocenters. The lowest BCUT2D eigenvalue weighted by atomic mass is 10.2. The van der Waals surface area contributed by atoms with Gasteiger partial charge < -0.3 is 4.52 Å². The lowest BCUT2D eigenvalue weighted by Crippen LogP contribution is -1.78. The van der Waals surface area contributed by atoms with Crippen molar-refractivity contribution in [2.75, 3.05) is 0 Å². The van der Waals surface area contributed by atoms with Gasteiger partial charge in [0.15, 0.2) is 5.82 Å². The number of hydrogen-bond donors (Lipinski definition) is 0. The third-order valence-electron chi connectivity index (χ3n) is 1.48. The first kappa shape index (κ1) is 10.7. The van der Waals surface area contributed by atoms with E-state index in [-0.39, 0.29) is 0 Å². The molecule has 1 aromatic rings. The van der Waals surface area contributed by atoms with Crippen LogP contribution in [0.4, 0.5) is 0 Å². The number of aryl methyl sites for hydroxylation is 1. The standard InChI is InChI=1S/C10H9BrN2O/c1-4-9(11)6-5-7(2)10-12-8(3)13-14-10/h1,5-6H,2-3H3/b7-5+,9-6+. The zero-order valence-electron chi connectivity index (χ0n) is 7.91. The third kappa shape index (κ3) is 2.86. The van der Waals surface area contributed by atoms with Gasteiger partial charge >= 0.3 is 0 Å². The van der Waals surface area contributed by atoms with E-state index in [0.717, 1.165) is 5.57 Å². The van der Waals surface area contributed by atoms with Crippen LogP contribution in [0.15, 0.2) is 21.2 Å². The van der Waals surface area contributed by atoms with Crippen LogP contribution in [0.25, 0.3) is 5.57 Å². The maximum absolute atomic E-state index is 5.16. The van der Waals surface area contributed by atoms with E-state index < -0.39 is 0 Å². The second-order valence-electron chi connectivity index (χ2n) is 2.66. The third-order valence-corrected chi connectivity index (χ3v) is 1.98. The van der Waals surface area contributed by atoms with Crippen LogP contribution in [0.2, 0.25) is 0 Å². The molecule has 0 saturated carbocycles. The molecule has 0 aromatic carbocycles. The molecule has 0 aliphatic carbocycles. The van der Waals surface area contributed by atoms with Gasteiger partial charge in [0.25, 0.3) is 5.89 Å². The van der Waals surface area contributed by atoms with E-state index in [0.29, 0.717) is 16.2 Å². The van der Waals surface area contributed by atoms with Gasteiger partial charge in [-0.15, -0.1) is 6.42 Å². The molecule has 0 unspecified atom stereocenters. The van der Waals surface area contributed by atoms with Gasteiger partial charge in [-0.1, -0.05) is 17.2 Å². The second-order valence-corrected chi connectivity index (χ2v) is 3.51. The van der Waals surface area contributed by atoms with Crippen LogP contribution < -0.4 is 0 Å². The molecule has 1 aromatic heterocycles. The maximum atomic E-state index is 5.16. The molecular weight excluding hydrogens is 244 g/mol. The van der Waals surface area contributed by atoms with Crippen LogP contribution in [-0.2, 0) is 0 Å². The molecule has 14 heavy (non-hydrogen) atoms. The summed E-state index contributed by atoms with van der Waals surface area (Å²) in [6, 6.07) is 0. The molecular formula is C10H9BrN2O. The quantitative estimate of drug-likeness (QED) is 0.600.